The predicted octanol–water partition coefficient (Wildman–Crippen LogP) is 3.72. The smallest absolute Gasteiger partial charge is 0.407 e. The van der Waals surface area contributed by atoms with Gasteiger partial charge < -0.3 is 48.8 Å². The first-order valence-corrected chi connectivity index (χ1v) is 17.3. The third-order valence-electron chi connectivity index (χ3n) is 8.42. The van der Waals surface area contributed by atoms with E-state index in [1.165, 1.54) is 11.9 Å². The van der Waals surface area contributed by atoms with Crippen molar-refractivity contribution >= 4 is 29.2 Å². The van der Waals surface area contributed by atoms with Gasteiger partial charge >= 0.3 is 6.09 Å². The fourth-order valence-electron chi connectivity index (χ4n) is 5.71. The molecule has 3 amide bonds. The van der Waals surface area contributed by atoms with E-state index in [2.05, 4.69) is 15.5 Å². The number of aromatic nitrogens is 2. The number of carbonyl (C=O) groups excluding carboxylic acids is 2. The summed E-state index contributed by atoms with van der Waals surface area (Å²) in [5.74, 6) is -0.632. The van der Waals surface area contributed by atoms with E-state index in [0.717, 1.165) is 26.6 Å². The number of carbonyl (C=O) groups is 3. The number of nitrogens with one attached hydrogen (secondary N) is 1. The molecule has 3 aromatic rings. The highest BCUT2D eigenvalue weighted by Crippen LogP contribution is 2.35. The normalized spacial score (nSPS) is 17.1. The number of β-amino-alcohol motifs (C(OH)–C–C–N with tert-alkyl or cyclic N) is 1. The molecule has 274 valence electrons. The van der Waals surface area contributed by atoms with Crippen molar-refractivity contribution in [2.24, 2.45) is 5.92 Å². The first-order chi connectivity index (χ1) is 23.9. The number of ether oxygens (including phenoxy) is 4. The third kappa shape index (κ3) is 9.93. The molecule has 15 nitrogen and oxygen atoms in total. The summed E-state index contributed by atoms with van der Waals surface area (Å²) in [6, 6.07) is 6.03. The summed E-state index contributed by atoms with van der Waals surface area (Å²) < 4.78 is 27.7. The first kappa shape index (κ1) is 38.6. The second-order valence-corrected chi connectivity index (χ2v) is 13.3. The van der Waals surface area contributed by atoms with E-state index in [0.29, 0.717) is 19.0 Å². The number of hydrogen-bond donors (Lipinski definition) is 3. The molecule has 0 aliphatic carbocycles. The Morgan fingerprint density at radius 3 is 2.50 bits per heavy atom. The molecular formula is C34H47N5O10S. The molecule has 0 unspecified atom stereocenters. The average molecular weight is 718 g/mol. The molecule has 0 spiro atoms. The number of carboxylic acid groups (broad SMARTS) is 1. The monoisotopic (exact) mass is 717 g/mol. The molecule has 1 saturated heterocycles. The summed E-state index contributed by atoms with van der Waals surface area (Å²) in [6.07, 6.45) is -1.78. The summed E-state index contributed by atoms with van der Waals surface area (Å²) in [7, 11) is 3.05. The fraction of sp³-hybridized carbons (Fsp3) is 0.559. The molecule has 50 heavy (non-hydrogen) atoms. The van der Waals surface area contributed by atoms with Crippen molar-refractivity contribution < 1.29 is 48.1 Å². The van der Waals surface area contributed by atoms with Crippen molar-refractivity contribution in [3.8, 4) is 22.1 Å². The van der Waals surface area contributed by atoms with E-state index < -0.39 is 30.2 Å². The van der Waals surface area contributed by atoms with Gasteiger partial charge in [0.05, 0.1) is 61.8 Å². The topological polar surface area (TPSA) is 186 Å². The van der Waals surface area contributed by atoms with Crippen LogP contribution in [-0.2, 0) is 19.1 Å². The van der Waals surface area contributed by atoms with Gasteiger partial charge in [-0.2, -0.15) is 0 Å². The maximum absolute atomic E-state index is 14.0. The highest BCUT2D eigenvalue weighted by atomic mass is 32.1. The summed E-state index contributed by atoms with van der Waals surface area (Å²) in [4.78, 5) is 46.3. The van der Waals surface area contributed by atoms with Crippen molar-refractivity contribution in [2.75, 3.05) is 60.3 Å². The summed E-state index contributed by atoms with van der Waals surface area (Å²) >= 11 is 1.54. The number of aliphatic hydroxyl groups is 1. The van der Waals surface area contributed by atoms with Gasteiger partial charge in [-0.3, -0.25) is 9.59 Å². The van der Waals surface area contributed by atoms with Gasteiger partial charge in [0, 0.05) is 38.2 Å². The van der Waals surface area contributed by atoms with Crippen LogP contribution in [0.15, 0.2) is 34.3 Å². The van der Waals surface area contributed by atoms with Crippen LogP contribution in [0.25, 0.3) is 10.4 Å². The molecule has 3 heterocycles. The maximum atomic E-state index is 14.0. The number of likely N-dealkylation sites (tertiary alicyclic amines) is 1. The molecule has 1 fully saturated rings. The highest BCUT2D eigenvalue weighted by Gasteiger charge is 2.43. The van der Waals surface area contributed by atoms with Gasteiger partial charge in [-0.15, -0.1) is 11.3 Å². The maximum Gasteiger partial charge on any atom is 0.407 e. The van der Waals surface area contributed by atoms with Gasteiger partial charge in [-0.1, -0.05) is 26.0 Å². The van der Waals surface area contributed by atoms with E-state index in [9.17, 15) is 19.5 Å². The first-order valence-electron chi connectivity index (χ1n) is 16.5. The van der Waals surface area contributed by atoms with Crippen molar-refractivity contribution in [1.29, 1.82) is 0 Å². The predicted molar refractivity (Wildman–Crippen MR) is 183 cm³/mol. The Hall–Kier alpha value is -4.25. The van der Waals surface area contributed by atoms with E-state index in [1.54, 1.807) is 30.0 Å². The van der Waals surface area contributed by atoms with E-state index in [4.69, 9.17) is 28.6 Å². The van der Waals surface area contributed by atoms with Crippen LogP contribution in [0.2, 0.25) is 0 Å². The van der Waals surface area contributed by atoms with Crippen LogP contribution in [0.3, 0.4) is 0 Å². The molecule has 1 aliphatic rings. The molecule has 2 aromatic heterocycles. The van der Waals surface area contributed by atoms with Crippen LogP contribution in [0.1, 0.15) is 56.2 Å². The minimum atomic E-state index is -1.02. The van der Waals surface area contributed by atoms with Crippen molar-refractivity contribution in [1.82, 2.24) is 25.3 Å². The summed E-state index contributed by atoms with van der Waals surface area (Å²) in [6.45, 7) is 9.09. The number of hydrogen-bond acceptors (Lipinski definition) is 12. The fourth-order valence-corrected chi connectivity index (χ4v) is 6.51. The van der Waals surface area contributed by atoms with E-state index >= 15 is 0 Å². The molecule has 0 bridgehead atoms. The molecule has 0 saturated carbocycles. The Morgan fingerprint density at radius 2 is 1.84 bits per heavy atom. The Bertz CT molecular complexity index is 1580. The highest BCUT2D eigenvalue weighted by molar-refractivity contribution is 7.13. The number of amides is 3. The number of nitrogens with zero attached hydrogens (tertiary/aromatic N) is 4. The van der Waals surface area contributed by atoms with Crippen LogP contribution in [0.5, 0.6) is 11.6 Å². The number of methoxy groups -OCH3 is 1. The van der Waals surface area contributed by atoms with Gasteiger partial charge in [-0.25, -0.2) is 9.78 Å². The van der Waals surface area contributed by atoms with Crippen LogP contribution in [0, 0.1) is 12.8 Å². The lowest BCUT2D eigenvalue weighted by molar-refractivity contribution is -0.141. The lowest BCUT2D eigenvalue weighted by Gasteiger charge is -2.29. The Morgan fingerprint density at radius 1 is 1.12 bits per heavy atom. The molecule has 0 radical (unpaired) electrons. The van der Waals surface area contributed by atoms with Crippen molar-refractivity contribution in [3.05, 3.63) is 46.8 Å². The SMILES string of the molecule is COc1cc(-c2scnc2C)ccc1[C@H](C)NC(=O)[C@@H]1C[C@@H](O)CN1C(=O)[C@H](c1cc(OCCOCCOCCN(C)C(=O)O)no1)C(C)C. The second kappa shape index (κ2) is 18.1. The number of thiazole rings is 1. The van der Waals surface area contributed by atoms with Crippen molar-refractivity contribution in [3.63, 3.8) is 0 Å². The number of rotatable bonds is 18. The van der Waals surface area contributed by atoms with Gasteiger partial charge in [0.1, 0.15) is 24.3 Å². The standard InChI is InChI=1S/C34H47N5O10S/c1-20(2)30(28-17-29(37-49-28)48-14-13-47-12-11-46-10-9-38(5)34(43)44)33(42)39-18-24(40)16-26(39)32(41)36-21(3)25-8-7-23(15-27(25)45-6)31-22(4)35-19-50-31/h7-8,15,17,19-21,24,26,30,40H,9-14,16,18H2,1-6H3,(H,36,41)(H,43,44)/t21-,24+,26-,30-/m0/s1. The van der Waals surface area contributed by atoms with E-state index in [-0.39, 0.29) is 68.7 Å². The molecule has 1 aliphatic heterocycles. The lowest BCUT2D eigenvalue weighted by atomic mass is 9.91. The minimum absolute atomic E-state index is 0.00947. The Balaban J connectivity index is 1.32. The molecule has 4 rings (SSSR count). The summed E-state index contributed by atoms with van der Waals surface area (Å²) in [5.41, 5.74) is 4.46. The van der Waals surface area contributed by atoms with Crippen LogP contribution in [0.4, 0.5) is 4.79 Å². The molecule has 4 atom stereocenters. The van der Waals surface area contributed by atoms with Crippen LogP contribution >= 0.6 is 11.3 Å². The van der Waals surface area contributed by atoms with Crippen molar-refractivity contribution in [2.45, 2.75) is 58.2 Å². The lowest BCUT2D eigenvalue weighted by Crippen LogP contribution is -2.48. The Labute approximate surface area is 295 Å². The average Bonchev–Trinajstić information content (AvgIpc) is 3.83. The largest absolute Gasteiger partial charge is 0.496 e. The van der Waals surface area contributed by atoms with Gasteiger partial charge in [-0.05, 0) is 36.6 Å². The zero-order chi connectivity index (χ0) is 36.4. The number of benzene rings is 1. The zero-order valence-corrected chi connectivity index (χ0v) is 30.1. The molecule has 16 heteroatoms. The van der Waals surface area contributed by atoms with Gasteiger partial charge in [0.2, 0.25) is 11.8 Å². The summed E-state index contributed by atoms with van der Waals surface area (Å²) in [5, 5.41) is 26.4. The number of likely N-dealkylation sites (N-methyl/N-ethyl adjacent to an activating group) is 1. The van der Waals surface area contributed by atoms with Crippen LogP contribution < -0.4 is 14.8 Å². The molecular weight excluding hydrogens is 670 g/mol. The number of aryl methyl sites for hydroxylation is 1. The van der Waals surface area contributed by atoms with Gasteiger partial charge in [0.25, 0.3) is 5.88 Å². The number of aliphatic hydroxyl groups excluding tert-OH is 1. The van der Waals surface area contributed by atoms with E-state index in [1.807, 2.05) is 45.9 Å². The van der Waals surface area contributed by atoms with Crippen LogP contribution in [-0.4, -0.2) is 120 Å². The molecule has 3 N–H and O–H groups in total. The minimum Gasteiger partial charge on any atom is -0.496 e. The second-order valence-electron chi connectivity index (χ2n) is 12.4. The van der Waals surface area contributed by atoms with Gasteiger partial charge in [0.15, 0.2) is 5.76 Å². The Kier molecular flexibility index (Phi) is 14.0. The molecule has 1 aromatic carbocycles. The zero-order valence-electron chi connectivity index (χ0n) is 29.3. The third-order valence-corrected chi connectivity index (χ3v) is 9.40. The quantitative estimate of drug-likeness (QED) is 0.162.